The average Bonchev–Trinajstić information content (AvgIpc) is 2.94. The molecule has 8 nitrogen and oxygen atoms in total. The first kappa shape index (κ1) is 18.0. The third-order valence-corrected chi connectivity index (χ3v) is 5.39. The first-order valence-corrected chi connectivity index (χ1v) is 8.76. The highest BCUT2D eigenvalue weighted by Gasteiger charge is 2.20. The van der Waals surface area contributed by atoms with Crippen molar-refractivity contribution in [1.82, 2.24) is 9.55 Å². The number of halogens is 1. The SMILES string of the molecule is CCn1cnc2sc(C(=O)Nc3ccc([N+](=O)[O-])cc3Cl)c(C)c2c1=O. The van der Waals surface area contributed by atoms with E-state index in [9.17, 15) is 19.7 Å². The van der Waals surface area contributed by atoms with Gasteiger partial charge in [-0.25, -0.2) is 4.98 Å². The van der Waals surface area contributed by atoms with Gasteiger partial charge in [0.1, 0.15) is 4.83 Å². The van der Waals surface area contributed by atoms with E-state index in [4.69, 9.17) is 11.6 Å². The summed E-state index contributed by atoms with van der Waals surface area (Å²) in [6, 6.07) is 3.78. The Bertz CT molecular complexity index is 1110. The Morgan fingerprint density at radius 1 is 1.46 bits per heavy atom. The molecule has 0 saturated carbocycles. The van der Waals surface area contributed by atoms with Crippen molar-refractivity contribution >= 4 is 50.4 Å². The Balaban J connectivity index is 1.98. The Morgan fingerprint density at radius 2 is 2.19 bits per heavy atom. The zero-order chi connectivity index (χ0) is 19.0. The highest BCUT2D eigenvalue weighted by molar-refractivity contribution is 7.20. The maximum absolute atomic E-state index is 12.6. The topological polar surface area (TPSA) is 107 Å². The molecular weight excluding hydrogens is 380 g/mol. The summed E-state index contributed by atoms with van der Waals surface area (Å²) in [5.74, 6) is -0.455. The van der Waals surface area contributed by atoms with Gasteiger partial charge in [-0.2, -0.15) is 0 Å². The van der Waals surface area contributed by atoms with Crippen LogP contribution in [0.4, 0.5) is 11.4 Å². The molecule has 26 heavy (non-hydrogen) atoms. The van der Waals surface area contributed by atoms with Gasteiger partial charge in [-0.3, -0.25) is 24.3 Å². The number of amides is 1. The lowest BCUT2D eigenvalue weighted by Gasteiger charge is -2.06. The smallest absolute Gasteiger partial charge is 0.271 e. The van der Waals surface area contributed by atoms with Crippen LogP contribution in [-0.2, 0) is 6.54 Å². The second-order valence-corrected chi connectivity index (χ2v) is 6.85. The van der Waals surface area contributed by atoms with Gasteiger partial charge in [0, 0.05) is 18.7 Å². The van der Waals surface area contributed by atoms with Gasteiger partial charge in [-0.05, 0) is 25.5 Å². The summed E-state index contributed by atoms with van der Waals surface area (Å²) in [6.07, 6.45) is 1.45. The van der Waals surface area contributed by atoms with Crippen LogP contribution in [0.25, 0.3) is 10.2 Å². The minimum Gasteiger partial charge on any atom is -0.320 e. The van der Waals surface area contributed by atoms with Crippen molar-refractivity contribution < 1.29 is 9.72 Å². The Kier molecular flexibility index (Phi) is 4.75. The van der Waals surface area contributed by atoms with Gasteiger partial charge in [0.25, 0.3) is 17.2 Å². The van der Waals surface area contributed by atoms with Gasteiger partial charge in [-0.15, -0.1) is 11.3 Å². The van der Waals surface area contributed by atoms with E-state index >= 15 is 0 Å². The van der Waals surface area contributed by atoms with Crippen LogP contribution < -0.4 is 10.9 Å². The Morgan fingerprint density at radius 3 is 2.81 bits per heavy atom. The fourth-order valence-electron chi connectivity index (χ4n) is 2.50. The van der Waals surface area contributed by atoms with Gasteiger partial charge in [0.15, 0.2) is 0 Å². The molecule has 0 unspecified atom stereocenters. The number of thiophene rings is 1. The molecule has 1 N–H and O–H groups in total. The Labute approximate surface area is 156 Å². The second-order valence-electron chi connectivity index (χ2n) is 5.45. The molecule has 2 aromatic heterocycles. The van der Waals surface area contributed by atoms with Crippen molar-refractivity contribution in [3.63, 3.8) is 0 Å². The summed E-state index contributed by atoms with van der Waals surface area (Å²) in [4.78, 5) is 40.3. The molecule has 2 heterocycles. The first-order valence-electron chi connectivity index (χ1n) is 7.57. The number of rotatable bonds is 4. The van der Waals surface area contributed by atoms with E-state index in [2.05, 4.69) is 10.3 Å². The number of benzene rings is 1. The quantitative estimate of drug-likeness (QED) is 0.539. The number of carbonyl (C=O) groups is 1. The summed E-state index contributed by atoms with van der Waals surface area (Å²) in [6.45, 7) is 4.01. The van der Waals surface area contributed by atoms with E-state index in [0.717, 1.165) is 17.4 Å². The number of nitro groups is 1. The zero-order valence-electron chi connectivity index (χ0n) is 13.8. The van der Waals surface area contributed by atoms with Crippen molar-refractivity contribution in [3.8, 4) is 0 Å². The molecule has 0 aliphatic carbocycles. The van der Waals surface area contributed by atoms with E-state index in [1.165, 1.54) is 23.0 Å². The maximum atomic E-state index is 12.6. The number of hydrogen-bond donors (Lipinski definition) is 1. The maximum Gasteiger partial charge on any atom is 0.271 e. The molecule has 10 heteroatoms. The summed E-state index contributed by atoms with van der Waals surface area (Å²) in [5.41, 5.74) is 0.424. The van der Waals surface area contributed by atoms with Crippen LogP contribution >= 0.6 is 22.9 Å². The number of carbonyl (C=O) groups excluding carboxylic acids is 1. The van der Waals surface area contributed by atoms with Crippen molar-refractivity contribution in [2.24, 2.45) is 0 Å². The number of nitro benzene ring substituents is 1. The molecule has 0 aliphatic heterocycles. The third-order valence-electron chi connectivity index (χ3n) is 3.88. The van der Waals surface area contributed by atoms with Crippen molar-refractivity contribution in [1.29, 1.82) is 0 Å². The summed E-state index contributed by atoms with van der Waals surface area (Å²) in [7, 11) is 0. The lowest BCUT2D eigenvalue weighted by molar-refractivity contribution is -0.384. The van der Waals surface area contributed by atoms with Crippen molar-refractivity contribution in [3.05, 3.63) is 60.5 Å². The molecule has 3 rings (SSSR count). The van der Waals surface area contributed by atoms with Crippen LogP contribution in [0, 0.1) is 17.0 Å². The third kappa shape index (κ3) is 3.06. The molecule has 0 spiro atoms. The highest BCUT2D eigenvalue weighted by atomic mass is 35.5. The lowest BCUT2D eigenvalue weighted by Crippen LogP contribution is -2.19. The van der Waals surface area contributed by atoms with E-state index in [1.54, 1.807) is 6.92 Å². The predicted molar refractivity (Wildman–Crippen MR) is 100 cm³/mol. The molecule has 0 atom stereocenters. The molecule has 0 radical (unpaired) electrons. The van der Waals surface area contributed by atoms with Gasteiger partial charge in [-0.1, -0.05) is 11.6 Å². The molecule has 134 valence electrons. The van der Waals surface area contributed by atoms with E-state index < -0.39 is 10.8 Å². The predicted octanol–water partition coefficient (Wildman–Crippen LogP) is 3.60. The number of fused-ring (bicyclic) bond motifs is 1. The van der Waals surface area contributed by atoms with Crippen LogP contribution in [0.5, 0.6) is 0 Å². The standard InChI is InChI=1S/C16H13ClN4O4S/c1-3-20-7-18-15-12(16(20)23)8(2)13(26-15)14(22)19-11-5-4-9(21(24)25)6-10(11)17/h4-7H,3H2,1-2H3,(H,19,22). The number of nitrogens with zero attached hydrogens (tertiary/aromatic N) is 3. The minimum atomic E-state index is -0.571. The summed E-state index contributed by atoms with van der Waals surface area (Å²) in [5, 5.41) is 13.9. The molecule has 3 aromatic rings. The molecule has 0 fully saturated rings. The van der Waals surface area contributed by atoms with E-state index in [0.29, 0.717) is 27.2 Å². The minimum absolute atomic E-state index is 0.0535. The molecule has 1 aromatic carbocycles. The summed E-state index contributed by atoms with van der Waals surface area (Å²) < 4.78 is 1.47. The number of anilines is 1. The molecule has 1 amide bonds. The van der Waals surface area contributed by atoms with Gasteiger partial charge >= 0.3 is 0 Å². The lowest BCUT2D eigenvalue weighted by atomic mass is 10.2. The average molecular weight is 393 g/mol. The van der Waals surface area contributed by atoms with E-state index in [-0.39, 0.29) is 22.0 Å². The summed E-state index contributed by atoms with van der Waals surface area (Å²) >= 11 is 7.12. The highest BCUT2D eigenvalue weighted by Crippen LogP contribution is 2.30. The van der Waals surface area contributed by atoms with Crippen LogP contribution in [0.3, 0.4) is 0 Å². The number of aromatic nitrogens is 2. The molecule has 0 saturated heterocycles. The second kappa shape index (κ2) is 6.85. The monoisotopic (exact) mass is 392 g/mol. The van der Waals surface area contributed by atoms with Gasteiger partial charge in [0.05, 0.1) is 32.2 Å². The Hall–Kier alpha value is -2.78. The first-order chi connectivity index (χ1) is 12.3. The van der Waals surface area contributed by atoms with Crippen LogP contribution in [0.15, 0.2) is 29.3 Å². The normalized spacial score (nSPS) is 10.9. The number of nitrogens with one attached hydrogen (secondary N) is 1. The number of non-ortho nitro benzene ring substituents is 1. The molecular formula is C16H13ClN4O4S. The molecule has 0 aliphatic rings. The van der Waals surface area contributed by atoms with Crippen molar-refractivity contribution in [2.45, 2.75) is 20.4 Å². The largest absolute Gasteiger partial charge is 0.320 e. The number of hydrogen-bond acceptors (Lipinski definition) is 6. The van der Waals surface area contributed by atoms with Gasteiger partial charge in [0.2, 0.25) is 0 Å². The zero-order valence-corrected chi connectivity index (χ0v) is 15.3. The number of aryl methyl sites for hydroxylation is 2. The van der Waals surface area contributed by atoms with Gasteiger partial charge < -0.3 is 5.32 Å². The van der Waals surface area contributed by atoms with E-state index in [1.807, 2.05) is 6.92 Å². The van der Waals surface area contributed by atoms with Crippen LogP contribution in [-0.4, -0.2) is 20.4 Å². The van der Waals surface area contributed by atoms with Crippen LogP contribution in [0.2, 0.25) is 5.02 Å². The fraction of sp³-hybridized carbons (Fsp3) is 0.188. The molecule has 0 bridgehead atoms. The fourth-order valence-corrected chi connectivity index (χ4v) is 3.76. The van der Waals surface area contributed by atoms with Crippen molar-refractivity contribution in [2.75, 3.05) is 5.32 Å². The van der Waals surface area contributed by atoms with Crippen LogP contribution in [0.1, 0.15) is 22.2 Å².